The summed E-state index contributed by atoms with van der Waals surface area (Å²) in [5.74, 6) is -0.583. The molecule has 0 spiro atoms. The number of esters is 1. The zero-order chi connectivity index (χ0) is 12.3. The first-order chi connectivity index (χ1) is 7.49. The third-order valence-electron chi connectivity index (χ3n) is 1.69. The molecule has 0 radical (unpaired) electrons. The van der Waals surface area contributed by atoms with Crippen LogP contribution in [0.15, 0.2) is 10.7 Å². The fraction of sp³-hybridized carbons (Fsp3) is 0.333. The second kappa shape index (κ2) is 5.85. The fourth-order valence-electron chi connectivity index (χ4n) is 0.981. The van der Waals surface area contributed by atoms with Crippen LogP contribution in [0.25, 0.3) is 0 Å². The summed E-state index contributed by atoms with van der Waals surface area (Å²) in [4.78, 5) is 15.0. The predicted molar refractivity (Wildman–Crippen MR) is 65.6 cm³/mol. The summed E-state index contributed by atoms with van der Waals surface area (Å²) in [5.41, 5.74) is -0.198. The van der Waals surface area contributed by atoms with E-state index in [2.05, 4.69) is 20.9 Å². The van der Waals surface area contributed by atoms with Crippen LogP contribution in [0.1, 0.15) is 29.4 Å². The summed E-state index contributed by atoms with van der Waals surface area (Å²) in [6.45, 7) is 1.89. The molecule has 0 aliphatic rings. The summed E-state index contributed by atoms with van der Waals surface area (Å²) >= 11 is 4.80. The number of rotatable bonds is 3. The van der Waals surface area contributed by atoms with Gasteiger partial charge in [-0.3, -0.25) is 4.98 Å². The molecule has 0 saturated heterocycles. The molecule has 0 bridgehead atoms. The van der Waals surface area contributed by atoms with Crippen LogP contribution in [-0.2, 0) is 4.74 Å². The van der Waals surface area contributed by atoms with E-state index in [1.54, 1.807) is 29.5 Å². The first kappa shape index (κ1) is 13.8. The molecular weight excluding hydrogens is 399 g/mol. The smallest absolute Gasteiger partial charge is 0.340 e. The molecular formula is C9H7BrF2INO2. The van der Waals surface area contributed by atoms with Crippen LogP contribution in [0.4, 0.5) is 8.78 Å². The third kappa shape index (κ3) is 2.88. The summed E-state index contributed by atoms with van der Waals surface area (Å²) in [5, 5.41) is 0. The van der Waals surface area contributed by atoms with E-state index < -0.39 is 12.4 Å². The van der Waals surface area contributed by atoms with Gasteiger partial charge in [0.1, 0.15) is 5.69 Å². The van der Waals surface area contributed by atoms with Crippen LogP contribution in [0.5, 0.6) is 0 Å². The molecule has 0 saturated carbocycles. The summed E-state index contributed by atoms with van der Waals surface area (Å²) < 4.78 is 30.2. The molecule has 0 aromatic carbocycles. The Morgan fingerprint density at radius 1 is 1.69 bits per heavy atom. The highest BCUT2D eigenvalue weighted by molar-refractivity contribution is 14.1. The van der Waals surface area contributed by atoms with Crippen molar-refractivity contribution < 1.29 is 18.3 Å². The van der Waals surface area contributed by atoms with Crippen molar-refractivity contribution in [2.75, 3.05) is 6.61 Å². The molecule has 0 aliphatic heterocycles. The van der Waals surface area contributed by atoms with Gasteiger partial charge in [-0.15, -0.1) is 0 Å². The number of pyridine rings is 1. The fourth-order valence-corrected chi connectivity index (χ4v) is 2.11. The van der Waals surface area contributed by atoms with Gasteiger partial charge in [0.25, 0.3) is 6.43 Å². The highest BCUT2D eigenvalue weighted by Crippen LogP contribution is 2.30. The van der Waals surface area contributed by atoms with Gasteiger partial charge in [0.05, 0.1) is 15.7 Å². The van der Waals surface area contributed by atoms with Crippen molar-refractivity contribution >= 4 is 44.5 Å². The lowest BCUT2D eigenvalue weighted by Gasteiger charge is -2.08. The Balaban J connectivity index is 3.16. The Hall–Kier alpha value is -0.310. The van der Waals surface area contributed by atoms with Crippen LogP contribution in [0.2, 0.25) is 0 Å². The van der Waals surface area contributed by atoms with Crippen molar-refractivity contribution in [1.82, 2.24) is 4.98 Å². The van der Waals surface area contributed by atoms with E-state index >= 15 is 0 Å². The largest absolute Gasteiger partial charge is 0.462 e. The first-order valence-electron chi connectivity index (χ1n) is 4.28. The van der Waals surface area contributed by atoms with Crippen molar-refractivity contribution in [3.8, 4) is 0 Å². The maximum atomic E-state index is 12.5. The van der Waals surface area contributed by atoms with Crippen molar-refractivity contribution in [2.24, 2.45) is 0 Å². The predicted octanol–water partition coefficient (Wildman–Crippen LogP) is 3.56. The minimum absolute atomic E-state index is 0.149. The minimum Gasteiger partial charge on any atom is -0.462 e. The van der Waals surface area contributed by atoms with Crippen molar-refractivity contribution in [3.63, 3.8) is 0 Å². The summed E-state index contributed by atoms with van der Waals surface area (Å²) in [6, 6.07) is 0. The standard InChI is InChI=1S/C9H7BrF2INO2/c1-2-16-9(15)4-3-14-7(8(11)12)6(13)5(4)10/h3,8H,2H2,1H3. The average molecular weight is 406 g/mol. The van der Waals surface area contributed by atoms with Crippen LogP contribution in [0.3, 0.4) is 0 Å². The molecule has 1 heterocycles. The number of ether oxygens (including phenoxy) is 1. The molecule has 0 amide bonds. The zero-order valence-electron chi connectivity index (χ0n) is 8.14. The molecule has 0 fully saturated rings. The molecule has 16 heavy (non-hydrogen) atoms. The second-order valence-corrected chi connectivity index (χ2v) is 4.58. The van der Waals surface area contributed by atoms with E-state index in [4.69, 9.17) is 4.74 Å². The van der Waals surface area contributed by atoms with E-state index in [1.807, 2.05) is 0 Å². The van der Waals surface area contributed by atoms with E-state index in [-0.39, 0.29) is 25.9 Å². The number of hydrogen-bond acceptors (Lipinski definition) is 3. The number of carbonyl (C=O) groups excluding carboxylic acids is 1. The molecule has 88 valence electrons. The normalized spacial score (nSPS) is 10.6. The number of alkyl halides is 2. The Kier molecular flexibility index (Phi) is 5.03. The van der Waals surface area contributed by atoms with Gasteiger partial charge in [0, 0.05) is 10.7 Å². The molecule has 3 nitrogen and oxygen atoms in total. The Morgan fingerprint density at radius 2 is 2.31 bits per heavy atom. The number of carbonyl (C=O) groups is 1. The van der Waals surface area contributed by atoms with Crippen molar-refractivity contribution in [3.05, 3.63) is 25.5 Å². The number of aromatic nitrogens is 1. The van der Waals surface area contributed by atoms with Gasteiger partial charge in [0.2, 0.25) is 0 Å². The number of hydrogen-bond donors (Lipinski definition) is 0. The van der Waals surface area contributed by atoms with Gasteiger partial charge >= 0.3 is 5.97 Å². The highest BCUT2D eigenvalue weighted by atomic mass is 127. The maximum Gasteiger partial charge on any atom is 0.340 e. The quantitative estimate of drug-likeness (QED) is 0.570. The first-order valence-corrected chi connectivity index (χ1v) is 6.15. The minimum atomic E-state index is -2.67. The monoisotopic (exact) mass is 405 g/mol. The second-order valence-electron chi connectivity index (χ2n) is 2.71. The van der Waals surface area contributed by atoms with Gasteiger partial charge in [-0.2, -0.15) is 0 Å². The molecule has 7 heteroatoms. The Labute approximate surface area is 113 Å². The highest BCUT2D eigenvalue weighted by Gasteiger charge is 2.21. The molecule has 0 N–H and O–H groups in total. The molecule has 1 aromatic heterocycles. The number of halogens is 4. The van der Waals surface area contributed by atoms with Crippen molar-refractivity contribution in [1.29, 1.82) is 0 Å². The summed E-state index contributed by atoms with van der Waals surface area (Å²) in [6.07, 6.45) is -1.58. The lowest BCUT2D eigenvalue weighted by atomic mass is 10.2. The van der Waals surface area contributed by atoms with Crippen LogP contribution in [0, 0.1) is 3.57 Å². The third-order valence-corrected chi connectivity index (χ3v) is 4.35. The topological polar surface area (TPSA) is 39.2 Å². The van der Waals surface area contributed by atoms with Crippen molar-refractivity contribution in [2.45, 2.75) is 13.3 Å². The SMILES string of the molecule is CCOC(=O)c1cnc(C(F)F)c(I)c1Br. The van der Waals surface area contributed by atoms with Crippen LogP contribution in [-0.4, -0.2) is 17.6 Å². The van der Waals surface area contributed by atoms with Crippen LogP contribution >= 0.6 is 38.5 Å². The maximum absolute atomic E-state index is 12.5. The summed E-state index contributed by atoms with van der Waals surface area (Å²) in [7, 11) is 0. The molecule has 0 aliphatic carbocycles. The van der Waals surface area contributed by atoms with Gasteiger partial charge in [-0.1, -0.05) is 0 Å². The number of nitrogens with zero attached hydrogens (tertiary/aromatic N) is 1. The van der Waals surface area contributed by atoms with Gasteiger partial charge in [-0.25, -0.2) is 13.6 Å². The molecule has 0 atom stereocenters. The van der Waals surface area contributed by atoms with Crippen LogP contribution < -0.4 is 0 Å². The Morgan fingerprint density at radius 3 is 2.81 bits per heavy atom. The average Bonchev–Trinajstić information content (AvgIpc) is 2.21. The zero-order valence-corrected chi connectivity index (χ0v) is 11.9. The lowest BCUT2D eigenvalue weighted by Crippen LogP contribution is -2.09. The van der Waals surface area contributed by atoms with Gasteiger partial charge in [0.15, 0.2) is 0 Å². The molecule has 0 unspecified atom stereocenters. The van der Waals surface area contributed by atoms with E-state index in [0.29, 0.717) is 0 Å². The molecule has 1 rings (SSSR count). The van der Waals surface area contributed by atoms with E-state index in [0.717, 1.165) is 6.20 Å². The van der Waals surface area contributed by atoms with E-state index in [1.165, 1.54) is 0 Å². The van der Waals surface area contributed by atoms with Gasteiger partial charge in [-0.05, 0) is 45.4 Å². The molecule has 1 aromatic rings. The Bertz CT molecular complexity index is 415. The van der Waals surface area contributed by atoms with Gasteiger partial charge < -0.3 is 4.74 Å². The van der Waals surface area contributed by atoms with E-state index in [9.17, 15) is 13.6 Å². The lowest BCUT2D eigenvalue weighted by molar-refractivity contribution is 0.0524.